The van der Waals surface area contributed by atoms with E-state index in [2.05, 4.69) is 10.4 Å². The highest BCUT2D eigenvalue weighted by atomic mass is 16.3. The summed E-state index contributed by atoms with van der Waals surface area (Å²) in [4.78, 5) is 4.29. The zero-order valence-corrected chi connectivity index (χ0v) is 9.74. The number of hydrogen-bond donors (Lipinski definition) is 2. The van der Waals surface area contributed by atoms with E-state index in [1.165, 1.54) is 0 Å². The topological polar surface area (TPSA) is 47.9 Å². The number of anilines is 1. The number of phenols is 1. The smallest absolute Gasteiger partial charge is 0.117 e. The molecule has 0 spiro atoms. The molecule has 0 saturated carbocycles. The number of para-hydroxylation sites is 1. The molecule has 0 saturated heterocycles. The van der Waals surface area contributed by atoms with Gasteiger partial charge in [0, 0.05) is 6.07 Å². The van der Waals surface area contributed by atoms with E-state index in [0.29, 0.717) is 6.54 Å². The van der Waals surface area contributed by atoms with Crippen molar-refractivity contribution in [2.75, 3.05) is 5.01 Å². The summed E-state index contributed by atoms with van der Waals surface area (Å²) in [7, 11) is 0. The minimum atomic E-state index is 0.235. The predicted octanol–water partition coefficient (Wildman–Crippen LogP) is 2.58. The van der Waals surface area contributed by atoms with Gasteiger partial charge in [0.25, 0.3) is 0 Å². The van der Waals surface area contributed by atoms with E-state index >= 15 is 0 Å². The zero-order chi connectivity index (χ0) is 12.4. The van der Waals surface area contributed by atoms with Crippen molar-refractivity contribution in [1.29, 1.82) is 0 Å². The van der Waals surface area contributed by atoms with E-state index in [1.54, 1.807) is 18.5 Å². The molecule has 0 unspecified atom stereocenters. The molecule has 1 aliphatic rings. The maximum Gasteiger partial charge on any atom is 0.117 e. The number of benzene rings is 2. The van der Waals surface area contributed by atoms with Gasteiger partial charge < -0.3 is 5.11 Å². The van der Waals surface area contributed by atoms with Gasteiger partial charge >= 0.3 is 0 Å². The monoisotopic (exact) mass is 239 g/mol. The second-order valence-electron chi connectivity index (χ2n) is 4.12. The number of aromatic hydroxyl groups is 1. The van der Waals surface area contributed by atoms with Gasteiger partial charge in [-0.1, -0.05) is 24.3 Å². The fraction of sp³-hybridized carbons (Fsp3) is 0.0714. The Kier molecular flexibility index (Phi) is 2.61. The first-order valence-corrected chi connectivity index (χ1v) is 5.76. The molecular formula is C14H13N3O. The van der Waals surface area contributed by atoms with Crippen molar-refractivity contribution in [1.82, 2.24) is 5.43 Å². The van der Waals surface area contributed by atoms with Crippen molar-refractivity contribution >= 4 is 17.7 Å². The van der Waals surface area contributed by atoms with Crippen LogP contribution in [0.1, 0.15) is 5.56 Å². The summed E-state index contributed by atoms with van der Waals surface area (Å²) in [6, 6.07) is 15.3. The maximum atomic E-state index is 9.46. The lowest BCUT2D eigenvalue weighted by molar-refractivity contribution is 0.475. The van der Waals surface area contributed by atoms with Gasteiger partial charge in [-0.3, -0.25) is 10.4 Å². The highest BCUT2D eigenvalue weighted by Crippen LogP contribution is 2.27. The average molecular weight is 239 g/mol. The van der Waals surface area contributed by atoms with E-state index in [0.717, 1.165) is 16.9 Å². The fourth-order valence-electron chi connectivity index (χ4n) is 1.96. The van der Waals surface area contributed by atoms with Gasteiger partial charge in [0.15, 0.2) is 0 Å². The van der Waals surface area contributed by atoms with E-state index in [-0.39, 0.29) is 5.75 Å². The van der Waals surface area contributed by atoms with Crippen molar-refractivity contribution in [3.8, 4) is 5.75 Å². The third-order valence-electron chi connectivity index (χ3n) is 2.88. The zero-order valence-electron chi connectivity index (χ0n) is 9.74. The summed E-state index contributed by atoms with van der Waals surface area (Å²) < 4.78 is 0. The minimum absolute atomic E-state index is 0.235. The summed E-state index contributed by atoms with van der Waals surface area (Å²) in [6.07, 6.45) is 1.64. The number of phenolic OH excluding ortho intramolecular Hbond substituents is 1. The molecule has 0 amide bonds. The van der Waals surface area contributed by atoms with Crippen LogP contribution < -0.4 is 10.4 Å². The quantitative estimate of drug-likeness (QED) is 0.804. The van der Waals surface area contributed by atoms with Crippen LogP contribution in [0.3, 0.4) is 0 Å². The highest BCUT2D eigenvalue weighted by Gasteiger charge is 2.12. The van der Waals surface area contributed by atoms with Crippen molar-refractivity contribution in [3.63, 3.8) is 0 Å². The molecule has 0 atom stereocenters. The molecule has 0 bridgehead atoms. The Morgan fingerprint density at radius 2 is 1.94 bits per heavy atom. The van der Waals surface area contributed by atoms with Crippen molar-refractivity contribution < 1.29 is 5.11 Å². The number of hydrazine groups is 1. The largest absolute Gasteiger partial charge is 0.508 e. The normalized spacial score (nSPS) is 13.7. The summed E-state index contributed by atoms with van der Waals surface area (Å²) in [5, 5.41) is 11.5. The third kappa shape index (κ3) is 2.00. The number of fused-ring (bicyclic) bond motifs is 1. The first kappa shape index (κ1) is 10.7. The number of rotatable bonds is 1. The van der Waals surface area contributed by atoms with Crippen LogP contribution in [-0.2, 0) is 6.54 Å². The van der Waals surface area contributed by atoms with Crippen LogP contribution in [0.15, 0.2) is 53.5 Å². The predicted molar refractivity (Wildman–Crippen MR) is 72.0 cm³/mol. The Bertz CT molecular complexity index is 581. The molecule has 1 aliphatic heterocycles. The van der Waals surface area contributed by atoms with Gasteiger partial charge in [-0.25, -0.2) is 4.99 Å². The molecule has 0 aromatic heterocycles. The van der Waals surface area contributed by atoms with Gasteiger partial charge in [0.2, 0.25) is 0 Å². The van der Waals surface area contributed by atoms with Crippen LogP contribution in [0, 0.1) is 0 Å². The van der Waals surface area contributed by atoms with E-state index in [9.17, 15) is 5.11 Å². The van der Waals surface area contributed by atoms with Gasteiger partial charge in [0.05, 0.1) is 17.9 Å². The van der Waals surface area contributed by atoms with Gasteiger partial charge in [-0.05, 0) is 23.8 Å². The lowest BCUT2D eigenvalue weighted by atomic mass is 10.1. The molecule has 2 aromatic carbocycles. The standard InChI is InChI=1S/C14H13N3O/c18-13-7-6-11-9-17(12-4-2-1-3-5-12)16-10-15-14(11)8-13/h1-8,10,18H,9H2,(H,15,16). The SMILES string of the molecule is Oc1ccc2c(c1)N=CNN(c1ccccc1)C2. The van der Waals surface area contributed by atoms with Crippen molar-refractivity contribution in [3.05, 3.63) is 54.1 Å². The lowest BCUT2D eigenvalue weighted by Crippen LogP contribution is -2.35. The molecule has 4 heteroatoms. The Morgan fingerprint density at radius 1 is 1.11 bits per heavy atom. The first-order valence-electron chi connectivity index (χ1n) is 5.76. The summed E-state index contributed by atoms with van der Waals surface area (Å²) >= 11 is 0. The second kappa shape index (κ2) is 4.41. The Morgan fingerprint density at radius 3 is 2.78 bits per heavy atom. The molecule has 2 aromatic rings. The van der Waals surface area contributed by atoms with Crippen LogP contribution in [0.4, 0.5) is 11.4 Å². The summed E-state index contributed by atoms with van der Waals surface area (Å²) in [5.41, 5.74) is 6.06. The van der Waals surface area contributed by atoms with E-state index in [1.807, 2.05) is 41.4 Å². The fourth-order valence-corrected chi connectivity index (χ4v) is 1.96. The maximum absolute atomic E-state index is 9.46. The lowest BCUT2D eigenvalue weighted by Gasteiger charge is -2.22. The van der Waals surface area contributed by atoms with E-state index in [4.69, 9.17) is 0 Å². The van der Waals surface area contributed by atoms with Crippen LogP contribution in [-0.4, -0.2) is 11.4 Å². The Balaban J connectivity index is 1.95. The molecule has 3 rings (SSSR count). The van der Waals surface area contributed by atoms with Crippen LogP contribution in [0.2, 0.25) is 0 Å². The molecular weight excluding hydrogens is 226 g/mol. The van der Waals surface area contributed by atoms with Crippen LogP contribution in [0.5, 0.6) is 5.75 Å². The second-order valence-corrected chi connectivity index (χ2v) is 4.12. The molecule has 0 aliphatic carbocycles. The van der Waals surface area contributed by atoms with Gasteiger partial charge in [0.1, 0.15) is 12.1 Å². The highest BCUT2D eigenvalue weighted by molar-refractivity contribution is 5.69. The van der Waals surface area contributed by atoms with Gasteiger partial charge in [-0.15, -0.1) is 0 Å². The Hall–Kier alpha value is -2.49. The first-order chi connectivity index (χ1) is 8.83. The number of nitrogens with one attached hydrogen (secondary N) is 1. The molecule has 2 N–H and O–H groups in total. The molecule has 0 radical (unpaired) electrons. The molecule has 90 valence electrons. The van der Waals surface area contributed by atoms with Crippen LogP contribution >= 0.6 is 0 Å². The third-order valence-corrected chi connectivity index (χ3v) is 2.88. The molecule has 18 heavy (non-hydrogen) atoms. The molecule has 1 heterocycles. The van der Waals surface area contributed by atoms with Crippen molar-refractivity contribution in [2.24, 2.45) is 4.99 Å². The Labute approximate surface area is 105 Å². The minimum Gasteiger partial charge on any atom is -0.508 e. The average Bonchev–Trinajstić information content (AvgIpc) is 2.61. The van der Waals surface area contributed by atoms with E-state index < -0.39 is 0 Å². The summed E-state index contributed by atoms with van der Waals surface area (Å²) in [5.74, 6) is 0.235. The number of nitrogens with zero attached hydrogens (tertiary/aromatic N) is 2. The molecule has 4 nitrogen and oxygen atoms in total. The van der Waals surface area contributed by atoms with Crippen molar-refractivity contribution in [2.45, 2.75) is 6.54 Å². The molecule has 0 fully saturated rings. The van der Waals surface area contributed by atoms with Crippen LogP contribution in [0.25, 0.3) is 0 Å². The summed E-state index contributed by atoms with van der Waals surface area (Å²) in [6.45, 7) is 0.694. The number of hydrogen-bond acceptors (Lipinski definition) is 4. The number of aliphatic imine (C=N–C) groups is 1. The van der Waals surface area contributed by atoms with Gasteiger partial charge in [-0.2, -0.15) is 0 Å².